The molecular formula is C10H15N3O2S. The molecule has 16 heavy (non-hydrogen) atoms. The highest BCUT2D eigenvalue weighted by atomic mass is 32.1. The molecule has 2 rings (SSSR count). The third-order valence-electron chi connectivity index (χ3n) is 2.88. The summed E-state index contributed by atoms with van der Waals surface area (Å²) >= 11 is 1.11. The van der Waals surface area contributed by atoms with Crippen molar-refractivity contribution in [3.8, 4) is 0 Å². The van der Waals surface area contributed by atoms with Crippen molar-refractivity contribution < 1.29 is 4.79 Å². The number of amides is 1. The lowest BCUT2D eigenvalue weighted by Crippen LogP contribution is -2.34. The monoisotopic (exact) mass is 241 g/mol. The SMILES string of the molecule is C[C@@H]1CNC[C@H]1C(=O)NCc1csc(=O)[nH]1. The standard InChI is InChI=1S/C10H15N3O2S/c1-6-2-11-4-8(6)9(14)12-3-7-5-16-10(15)13-7/h5-6,8,11H,2-4H2,1H3,(H,12,14)(H,13,15)/t6-,8-/m1/s1. The van der Waals surface area contributed by atoms with Crippen molar-refractivity contribution in [1.82, 2.24) is 15.6 Å². The van der Waals surface area contributed by atoms with Gasteiger partial charge < -0.3 is 15.6 Å². The van der Waals surface area contributed by atoms with Gasteiger partial charge >= 0.3 is 4.87 Å². The quantitative estimate of drug-likeness (QED) is 0.692. The first-order chi connectivity index (χ1) is 7.66. The maximum atomic E-state index is 11.8. The van der Waals surface area contributed by atoms with E-state index in [0.29, 0.717) is 12.5 Å². The molecule has 3 N–H and O–H groups in total. The van der Waals surface area contributed by atoms with E-state index in [1.165, 1.54) is 0 Å². The molecule has 1 aliphatic heterocycles. The highest BCUT2D eigenvalue weighted by molar-refractivity contribution is 7.07. The van der Waals surface area contributed by atoms with E-state index >= 15 is 0 Å². The van der Waals surface area contributed by atoms with Gasteiger partial charge in [-0.1, -0.05) is 18.3 Å². The zero-order valence-corrected chi connectivity index (χ0v) is 9.89. The molecule has 5 nitrogen and oxygen atoms in total. The van der Waals surface area contributed by atoms with Crippen molar-refractivity contribution >= 4 is 17.2 Å². The average molecular weight is 241 g/mol. The summed E-state index contributed by atoms with van der Waals surface area (Å²) in [6.07, 6.45) is 0. The van der Waals surface area contributed by atoms with Crippen LogP contribution in [0.5, 0.6) is 0 Å². The van der Waals surface area contributed by atoms with Crippen LogP contribution in [0.1, 0.15) is 12.6 Å². The predicted molar refractivity (Wildman–Crippen MR) is 62.3 cm³/mol. The predicted octanol–water partition coefficient (Wildman–Crippen LogP) is -0.0919. The molecule has 0 unspecified atom stereocenters. The molecule has 0 aliphatic carbocycles. The van der Waals surface area contributed by atoms with E-state index in [1.54, 1.807) is 5.38 Å². The number of aromatic nitrogens is 1. The van der Waals surface area contributed by atoms with E-state index in [9.17, 15) is 9.59 Å². The second kappa shape index (κ2) is 4.80. The lowest BCUT2D eigenvalue weighted by atomic mass is 9.97. The first-order valence-electron chi connectivity index (χ1n) is 5.32. The lowest BCUT2D eigenvalue weighted by molar-refractivity contribution is -0.125. The van der Waals surface area contributed by atoms with Gasteiger partial charge in [0.1, 0.15) is 0 Å². The Labute approximate surface area is 97.3 Å². The number of carbonyl (C=O) groups is 1. The first-order valence-corrected chi connectivity index (χ1v) is 6.20. The number of hydrogen-bond acceptors (Lipinski definition) is 4. The number of hydrogen-bond donors (Lipinski definition) is 3. The Bertz CT molecular complexity index is 426. The molecule has 0 radical (unpaired) electrons. The van der Waals surface area contributed by atoms with E-state index in [1.807, 2.05) is 0 Å². The number of nitrogens with one attached hydrogen (secondary N) is 3. The minimum atomic E-state index is -0.0832. The lowest BCUT2D eigenvalue weighted by Gasteiger charge is -2.13. The fourth-order valence-corrected chi connectivity index (χ4v) is 2.46. The van der Waals surface area contributed by atoms with Gasteiger partial charge in [0.25, 0.3) is 0 Å². The Morgan fingerprint density at radius 3 is 3.00 bits per heavy atom. The Morgan fingerprint density at radius 2 is 2.44 bits per heavy atom. The van der Waals surface area contributed by atoms with Gasteiger partial charge in [-0.05, 0) is 12.5 Å². The maximum Gasteiger partial charge on any atom is 0.304 e. The van der Waals surface area contributed by atoms with Crippen LogP contribution in [-0.4, -0.2) is 24.0 Å². The van der Waals surface area contributed by atoms with Crippen LogP contribution < -0.4 is 15.5 Å². The van der Waals surface area contributed by atoms with Crippen molar-refractivity contribution in [3.63, 3.8) is 0 Å². The van der Waals surface area contributed by atoms with Crippen molar-refractivity contribution in [2.24, 2.45) is 11.8 Å². The number of thiazole rings is 1. The summed E-state index contributed by atoms with van der Waals surface area (Å²) in [5, 5.41) is 7.77. The van der Waals surface area contributed by atoms with Crippen molar-refractivity contribution in [2.75, 3.05) is 13.1 Å². The fourth-order valence-electron chi connectivity index (χ4n) is 1.88. The third-order valence-corrected chi connectivity index (χ3v) is 3.60. The molecule has 6 heteroatoms. The minimum Gasteiger partial charge on any atom is -0.350 e. The van der Waals surface area contributed by atoms with E-state index in [2.05, 4.69) is 22.5 Å². The van der Waals surface area contributed by atoms with E-state index in [-0.39, 0.29) is 16.7 Å². The summed E-state index contributed by atoms with van der Waals surface area (Å²) in [7, 11) is 0. The average Bonchev–Trinajstić information content (AvgIpc) is 2.84. The summed E-state index contributed by atoms with van der Waals surface area (Å²) < 4.78 is 0. The summed E-state index contributed by atoms with van der Waals surface area (Å²) in [4.78, 5) is 25.3. The largest absolute Gasteiger partial charge is 0.350 e. The Morgan fingerprint density at radius 1 is 1.62 bits per heavy atom. The van der Waals surface area contributed by atoms with Crippen LogP contribution in [-0.2, 0) is 11.3 Å². The highest BCUT2D eigenvalue weighted by Crippen LogP contribution is 2.15. The molecule has 88 valence electrons. The van der Waals surface area contributed by atoms with Crippen LogP contribution >= 0.6 is 11.3 Å². The van der Waals surface area contributed by atoms with Gasteiger partial charge in [-0.25, -0.2) is 0 Å². The zero-order chi connectivity index (χ0) is 11.5. The second-order valence-electron chi connectivity index (χ2n) is 4.13. The van der Waals surface area contributed by atoms with Crippen molar-refractivity contribution in [2.45, 2.75) is 13.5 Å². The molecule has 0 aromatic carbocycles. The molecule has 2 heterocycles. The van der Waals surface area contributed by atoms with Crippen molar-refractivity contribution in [3.05, 3.63) is 20.7 Å². The van der Waals surface area contributed by atoms with Gasteiger partial charge in [0.2, 0.25) is 5.91 Å². The Hall–Kier alpha value is -1.14. The van der Waals surface area contributed by atoms with Crippen LogP contribution in [0.25, 0.3) is 0 Å². The van der Waals surface area contributed by atoms with Crippen LogP contribution in [0, 0.1) is 11.8 Å². The first kappa shape index (κ1) is 11.3. The molecule has 0 spiro atoms. The molecule has 1 aromatic heterocycles. The third kappa shape index (κ3) is 2.51. The molecule has 1 aliphatic rings. The fraction of sp³-hybridized carbons (Fsp3) is 0.600. The molecule has 1 amide bonds. The summed E-state index contributed by atoms with van der Waals surface area (Å²) in [5.74, 6) is 0.483. The number of carbonyl (C=O) groups excluding carboxylic acids is 1. The number of H-pyrrole nitrogens is 1. The van der Waals surface area contributed by atoms with Crippen LogP contribution in [0.4, 0.5) is 0 Å². The van der Waals surface area contributed by atoms with Crippen LogP contribution in [0.3, 0.4) is 0 Å². The molecule has 1 saturated heterocycles. The van der Waals surface area contributed by atoms with Gasteiger partial charge in [-0.2, -0.15) is 0 Å². The van der Waals surface area contributed by atoms with Gasteiger partial charge in [-0.15, -0.1) is 0 Å². The van der Waals surface area contributed by atoms with E-state index in [0.717, 1.165) is 30.1 Å². The summed E-state index contributed by atoms with van der Waals surface area (Å²) in [6.45, 7) is 4.11. The van der Waals surface area contributed by atoms with Gasteiger partial charge in [-0.3, -0.25) is 9.59 Å². The Kier molecular flexibility index (Phi) is 3.40. The molecular weight excluding hydrogens is 226 g/mol. The zero-order valence-electron chi connectivity index (χ0n) is 9.08. The number of aromatic amines is 1. The second-order valence-corrected chi connectivity index (χ2v) is 4.98. The minimum absolute atomic E-state index is 0.0466. The molecule has 0 saturated carbocycles. The topological polar surface area (TPSA) is 74.0 Å². The number of rotatable bonds is 3. The molecule has 1 aromatic rings. The van der Waals surface area contributed by atoms with Crippen LogP contribution in [0.15, 0.2) is 10.2 Å². The van der Waals surface area contributed by atoms with Crippen LogP contribution in [0.2, 0.25) is 0 Å². The van der Waals surface area contributed by atoms with Gasteiger partial charge in [0.05, 0.1) is 12.5 Å². The van der Waals surface area contributed by atoms with Gasteiger partial charge in [0.15, 0.2) is 0 Å². The Balaban J connectivity index is 1.86. The highest BCUT2D eigenvalue weighted by Gasteiger charge is 2.29. The maximum absolute atomic E-state index is 11.8. The van der Waals surface area contributed by atoms with E-state index < -0.39 is 0 Å². The van der Waals surface area contributed by atoms with E-state index in [4.69, 9.17) is 0 Å². The molecule has 2 atom stereocenters. The smallest absolute Gasteiger partial charge is 0.304 e. The normalized spacial score (nSPS) is 24.6. The molecule has 1 fully saturated rings. The van der Waals surface area contributed by atoms with Crippen molar-refractivity contribution in [1.29, 1.82) is 0 Å². The molecule has 0 bridgehead atoms. The summed E-state index contributed by atoms with van der Waals surface area (Å²) in [6, 6.07) is 0. The summed E-state index contributed by atoms with van der Waals surface area (Å²) in [5.41, 5.74) is 0.766. The van der Waals surface area contributed by atoms with Gasteiger partial charge in [0, 0.05) is 17.6 Å².